The van der Waals surface area contributed by atoms with E-state index in [0.29, 0.717) is 31.2 Å². The van der Waals surface area contributed by atoms with Gasteiger partial charge in [0.25, 0.3) is 0 Å². The van der Waals surface area contributed by atoms with Crippen LogP contribution in [-0.4, -0.2) is 62.5 Å². The minimum atomic E-state index is -3.49. The Bertz CT molecular complexity index is 913. The summed E-state index contributed by atoms with van der Waals surface area (Å²) in [4.78, 5) is 16.6. The Hall–Kier alpha value is -2.09. The van der Waals surface area contributed by atoms with E-state index in [-0.39, 0.29) is 19.0 Å². The van der Waals surface area contributed by atoms with Gasteiger partial charge in [-0.3, -0.25) is 4.79 Å². The van der Waals surface area contributed by atoms with Gasteiger partial charge in [0.2, 0.25) is 15.9 Å². The van der Waals surface area contributed by atoms with Crippen LogP contribution in [0, 0.1) is 0 Å². The van der Waals surface area contributed by atoms with Crippen LogP contribution >= 0.6 is 11.6 Å². The van der Waals surface area contributed by atoms with Gasteiger partial charge in [-0.1, -0.05) is 48.0 Å². The Morgan fingerprint density at radius 2 is 1.71 bits per heavy atom. The van der Waals surface area contributed by atoms with Crippen molar-refractivity contribution in [3.05, 3.63) is 65.2 Å². The lowest BCUT2D eigenvalue weighted by Crippen LogP contribution is -2.51. The van der Waals surface area contributed by atoms with Crippen molar-refractivity contribution in [1.82, 2.24) is 9.21 Å². The van der Waals surface area contributed by atoms with Crippen molar-refractivity contribution in [3.8, 4) is 0 Å². The summed E-state index contributed by atoms with van der Waals surface area (Å²) in [7, 11) is -3.49. The molecule has 0 N–H and O–H groups in total. The molecule has 2 aromatic rings. The highest BCUT2D eigenvalue weighted by molar-refractivity contribution is 7.88. The number of nitrogens with zero attached hydrogens (tertiary/aromatic N) is 3. The monoisotopic (exact) mass is 421 g/mol. The van der Waals surface area contributed by atoms with E-state index in [2.05, 4.69) is 4.90 Å². The van der Waals surface area contributed by atoms with E-state index in [4.69, 9.17) is 11.6 Å². The van der Waals surface area contributed by atoms with Crippen LogP contribution in [0.2, 0.25) is 5.02 Å². The minimum Gasteiger partial charge on any atom is -0.368 e. The maximum Gasteiger partial charge on any atom is 0.238 e. The molecule has 0 bridgehead atoms. The van der Waals surface area contributed by atoms with Crippen LogP contribution in [-0.2, 0) is 21.4 Å². The average molecular weight is 422 g/mol. The van der Waals surface area contributed by atoms with E-state index >= 15 is 0 Å². The van der Waals surface area contributed by atoms with Crippen LogP contribution in [0.15, 0.2) is 54.6 Å². The number of hydrogen-bond donors (Lipinski definition) is 0. The van der Waals surface area contributed by atoms with Crippen molar-refractivity contribution in [2.75, 3.05) is 43.9 Å². The molecule has 0 unspecified atom stereocenters. The Morgan fingerprint density at radius 1 is 1.04 bits per heavy atom. The van der Waals surface area contributed by atoms with E-state index < -0.39 is 10.0 Å². The lowest BCUT2D eigenvalue weighted by atomic mass is 10.2. The van der Waals surface area contributed by atoms with E-state index in [0.717, 1.165) is 17.5 Å². The van der Waals surface area contributed by atoms with Gasteiger partial charge in [-0.2, -0.15) is 4.31 Å². The highest BCUT2D eigenvalue weighted by Gasteiger charge is 2.26. The second kappa shape index (κ2) is 8.94. The van der Waals surface area contributed by atoms with Crippen LogP contribution in [0.5, 0.6) is 0 Å². The third-order valence-corrected chi connectivity index (χ3v) is 6.22. The van der Waals surface area contributed by atoms with E-state index in [1.54, 1.807) is 4.90 Å². The Labute approximate surface area is 171 Å². The predicted molar refractivity (Wildman–Crippen MR) is 112 cm³/mol. The van der Waals surface area contributed by atoms with Crippen LogP contribution in [0.4, 0.5) is 5.69 Å². The summed E-state index contributed by atoms with van der Waals surface area (Å²) in [6.07, 6.45) is 1.14. The van der Waals surface area contributed by atoms with E-state index in [9.17, 15) is 13.2 Å². The number of benzene rings is 2. The third-order valence-electron chi connectivity index (χ3n) is 4.79. The number of carbonyl (C=O) groups is 1. The van der Waals surface area contributed by atoms with Crippen molar-refractivity contribution >= 4 is 33.2 Å². The molecule has 28 heavy (non-hydrogen) atoms. The first-order chi connectivity index (χ1) is 13.3. The maximum atomic E-state index is 12.7. The van der Waals surface area contributed by atoms with Gasteiger partial charge in [-0.15, -0.1) is 0 Å². The Kier molecular flexibility index (Phi) is 6.59. The van der Waals surface area contributed by atoms with Gasteiger partial charge < -0.3 is 9.80 Å². The first-order valence-corrected chi connectivity index (χ1v) is 11.3. The molecular formula is C20H24ClN3O3S. The molecule has 0 aromatic heterocycles. The summed E-state index contributed by atoms with van der Waals surface area (Å²) in [5, 5.41) is 0.681. The lowest BCUT2D eigenvalue weighted by Gasteiger charge is -2.37. The molecule has 0 atom stereocenters. The number of hydrogen-bond acceptors (Lipinski definition) is 4. The SMILES string of the molecule is CS(=O)(=O)N(CC(=O)N1CCN(c2cccc(Cl)c2)CC1)Cc1ccccc1. The van der Waals surface area contributed by atoms with Crippen LogP contribution in [0.1, 0.15) is 5.56 Å². The molecule has 0 saturated carbocycles. The molecule has 1 amide bonds. The van der Waals surface area contributed by atoms with Gasteiger partial charge in [0.1, 0.15) is 0 Å². The number of sulfonamides is 1. The molecule has 150 valence electrons. The number of piperazine rings is 1. The first kappa shape index (κ1) is 20.6. The van der Waals surface area contributed by atoms with Gasteiger partial charge in [0.05, 0.1) is 12.8 Å². The number of carbonyl (C=O) groups excluding carboxylic acids is 1. The Morgan fingerprint density at radius 3 is 2.32 bits per heavy atom. The second-order valence-corrected chi connectivity index (χ2v) is 9.28. The zero-order chi connectivity index (χ0) is 20.1. The first-order valence-electron chi connectivity index (χ1n) is 9.10. The van der Waals surface area contributed by atoms with Crippen molar-refractivity contribution in [1.29, 1.82) is 0 Å². The summed E-state index contributed by atoms with van der Waals surface area (Å²) in [5.74, 6) is -0.174. The van der Waals surface area contributed by atoms with Crippen LogP contribution in [0.25, 0.3) is 0 Å². The number of anilines is 1. The molecular weight excluding hydrogens is 398 g/mol. The topological polar surface area (TPSA) is 60.9 Å². The summed E-state index contributed by atoms with van der Waals surface area (Å²) in [5.41, 5.74) is 1.88. The summed E-state index contributed by atoms with van der Waals surface area (Å²) in [6.45, 7) is 2.51. The van der Waals surface area contributed by atoms with Crippen molar-refractivity contribution in [3.63, 3.8) is 0 Å². The lowest BCUT2D eigenvalue weighted by molar-refractivity contribution is -0.131. The number of halogens is 1. The fraction of sp³-hybridized carbons (Fsp3) is 0.350. The molecule has 6 nitrogen and oxygen atoms in total. The standard InChI is InChI=1S/C20H24ClN3O3S/c1-28(26,27)24(15-17-6-3-2-4-7-17)16-20(25)23-12-10-22(11-13-23)19-9-5-8-18(21)14-19/h2-9,14H,10-13,15-16H2,1H3. The molecule has 1 fully saturated rings. The van der Waals surface area contributed by atoms with Crippen molar-refractivity contribution in [2.24, 2.45) is 0 Å². The fourth-order valence-electron chi connectivity index (χ4n) is 3.22. The number of rotatable bonds is 6. The largest absolute Gasteiger partial charge is 0.368 e. The molecule has 1 heterocycles. The quantitative estimate of drug-likeness (QED) is 0.718. The minimum absolute atomic E-state index is 0.148. The van der Waals surface area contributed by atoms with Gasteiger partial charge >= 0.3 is 0 Å². The molecule has 1 aliphatic rings. The smallest absolute Gasteiger partial charge is 0.238 e. The zero-order valence-electron chi connectivity index (χ0n) is 15.8. The van der Waals surface area contributed by atoms with Crippen molar-refractivity contribution < 1.29 is 13.2 Å². The molecule has 1 aliphatic heterocycles. The normalized spacial score (nSPS) is 15.1. The zero-order valence-corrected chi connectivity index (χ0v) is 17.4. The van der Waals surface area contributed by atoms with Crippen molar-refractivity contribution in [2.45, 2.75) is 6.54 Å². The second-order valence-electron chi connectivity index (χ2n) is 6.86. The predicted octanol–water partition coefficient (Wildman–Crippen LogP) is 2.45. The molecule has 0 radical (unpaired) electrons. The third kappa shape index (κ3) is 5.47. The van der Waals surface area contributed by atoms with Gasteiger partial charge in [-0.05, 0) is 23.8 Å². The summed E-state index contributed by atoms with van der Waals surface area (Å²) in [6, 6.07) is 16.9. The summed E-state index contributed by atoms with van der Waals surface area (Å²) >= 11 is 6.06. The maximum absolute atomic E-state index is 12.7. The number of amides is 1. The highest BCUT2D eigenvalue weighted by Crippen LogP contribution is 2.21. The molecule has 2 aromatic carbocycles. The Balaban J connectivity index is 1.60. The van der Waals surface area contributed by atoms with Crippen LogP contribution < -0.4 is 4.90 Å². The summed E-state index contributed by atoms with van der Waals surface area (Å²) < 4.78 is 25.5. The molecule has 1 saturated heterocycles. The molecule has 0 aliphatic carbocycles. The van der Waals surface area contributed by atoms with E-state index in [1.165, 1.54) is 4.31 Å². The van der Waals surface area contributed by atoms with E-state index in [1.807, 2.05) is 54.6 Å². The van der Waals surface area contributed by atoms with Gasteiger partial charge in [0, 0.05) is 43.4 Å². The molecule has 8 heteroatoms. The molecule has 3 rings (SSSR count). The van der Waals surface area contributed by atoms with Gasteiger partial charge in [-0.25, -0.2) is 8.42 Å². The average Bonchev–Trinajstić information content (AvgIpc) is 2.67. The molecule has 0 spiro atoms. The fourth-order valence-corrected chi connectivity index (χ4v) is 4.13. The van der Waals surface area contributed by atoms with Crippen LogP contribution in [0.3, 0.4) is 0 Å². The van der Waals surface area contributed by atoms with Gasteiger partial charge in [0.15, 0.2) is 0 Å². The highest BCUT2D eigenvalue weighted by atomic mass is 35.5.